The number of nitrogens with zero attached hydrogens (tertiary/aromatic N) is 7. The number of imidazole rings is 2. The molecular weight excluding hydrogens is 516 g/mol. The number of halogens is 2. The average Bonchev–Trinajstić information content (AvgIpc) is 3.59. The van der Waals surface area contributed by atoms with E-state index in [0.29, 0.717) is 48.5 Å². The zero-order chi connectivity index (χ0) is 28.5. The van der Waals surface area contributed by atoms with Crippen molar-refractivity contribution in [2.75, 3.05) is 31.2 Å². The summed E-state index contributed by atoms with van der Waals surface area (Å²) >= 11 is 0. The Morgan fingerprint density at radius 3 is 2.33 bits per heavy atom. The van der Waals surface area contributed by atoms with E-state index < -0.39 is 11.8 Å². The minimum Gasteiger partial charge on any atom is -0.378 e. The summed E-state index contributed by atoms with van der Waals surface area (Å²) < 4.78 is 41.5. The molecule has 0 spiro atoms. The van der Waals surface area contributed by atoms with Gasteiger partial charge in [0.25, 0.3) is 6.43 Å². The fourth-order valence-corrected chi connectivity index (χ4v) is 5.68. The Bertz CT molecular complexity index is 1810. The second-order valence-corrected chi connectivity index (χ2v) is 11.5. The van der Waals surface area contributed by atoms with Gasteiger partial charge in [-0.3, -0.25) is 18.4 Å². The molecule has 0 aliphatic carbocycles. The van der Waals surface area contributed by atoms with Crippen LogP contribution in [-0.4, -0.2) is 54.8 Å². The third-order valence-corrected chi connectivity index (χ3v) is 7.68. The Kier molecular flexibility index (Phi) is 6.10. The van der Waals surface area contributed by atoms with Gasteiger partial charge >= 0.3 is 5.69 Å². The van der Waals surface area contributed by atoms with Gasteiger partial charge in [-0.2, -0.15) is 5.10 Å². The van der Waals surface area contributed by atoms with Crippen molar-refractivity contribution in [3.05, 3.63) is 58.5 Å². The van der Waals surface area contributed by atoms with Crippen LogP contribution in [0.25, 0.3) is 38.9 Å². The SMILES string of the molecule is Cn1cc(-c2cc3nc(C(C)(C)C)n(-c4cc(N5CCOCC5)c5c(c4)n(C)c(=O)n5C)c3cc2C(F)F)cn1. The summed E-state index contributed by atoms with van der Waals surface area (Å²) in [6.07, 6.45) is 0.628. The first kappa shape index (κ1) is 26.2. The second kappa shape index (κ2) is 9.29. The molecule has 0 amide bonds. The molecule has 0 radical (unpaired) electrons. The monoisotopic (exact) mass is 549 g/mol. The summed E-state index contributed by atoms with van der Waals surface area (Å²) in [7, 11) is 5.29. The van der Waals surface area contributed by atoms with Crippen molar-refractivity contribution in [3.63, 3.8) is 0 Å². The van der Waals surface area contributed by atoms with Gasteiger partial charge < -0.3 is 9.64 Å². The third kappa shape index (κ3) is 4.11. The van der Waals surface area contributed by atoms with Gasteiger partial charge in [-0.05, 0) is 29.8 Å². The average molecular weight is 550 g/mol. The van der Waals surface area contributed by atoms with Crippen LogP contribution >= 0.6 is 0 Å². The second-order valence-electron chi connectivity index (χ2n) is 11.5. The third-order valence-electron chi connectivity index (χ3n) is 7.68. The molecule has 6 rings (SSSR count). The Morgan fingerprint density at radius 1 is 0.975 bits per heavy atom. The van der Waals surface area contributed by atoms with E-state index in [0.717, 1.165) is 28.2 Å². The molecular formula is C29H33F2N7O2. The van der Waals surface area contributed by atoms with E-state index in [9.17, 15) is 13.6 Å². The Morgan fingerprint density at radius 2 is 1.70 bits per heavy atom. The maximum atomic E-state index is 14.5. The molecule has 9 nitrogen and oxygen atoms in total. The molecule has 1 aliphatic rings. The van der Waals surface area contributed by atoms with Crippen LogP contribution in [0.4, 0.5) is 14.5 Å². The summed E-state index contributed by atoms with van der Waals surface area (Å²) in [6.45, 7) is 8.71. The molecule has 2 aromatic carbocycles. The van der Waals surface area contributed by atoms with Crippen LogP contribution < -0.4 is 10.6 Å². The van der Waals surface area contributed by atoms with Crippen molar-refractivity contribution in [1.82, 2.24) is 28.5 Å². The van der Waals surface area contributed by atoms with Crippen molar-refractivity contribution in [2.24, 2.45) is 21.1 Å². The van der Waals surface area contributed by atoms with Gasteiger partial charge in [0.2, 0.25) is 0 Å². The molecule has 40 heavy (non-hydrogen) atoms. The van der Waals surface area contributed by atoms with E-state index >= 15 is 0 Å². The number of ether oxygens (including phenoxy) is 1. The Labute approximate surface area is 230 Å². The lowest BCUT2D eigenvalue weighted by Gasteiger charge is -2.30. The lowest BCUT2D eigenvalue weighted by Crippen LogP contribution is -2.36. The van der Waals surface area contributed by atoms with Gasteiger partial charge in [-0.25, -0.2) is 18.6 Å². The summed E-state index contributed by atoms with van der Waals surface area (Å²) in [5.41, 5.74) is 4.85. The summed E-state index contributed by atoms with van der Waals surface area (Å²) in [6, 6.07) is 7.28. The molecule has 0 saturated carbocycles. The number of aryl methyl sites for hydroxylation is 3. The van der Waals surface area contributed by atoms with Crippen LogP contribution in [0.3, 0.4) is 0 Å². The summed E-state index contributed by atoms with van der Waals surface area (Å²) in [4.78, 5) is 20.2. The van der Waals surface area contributed by atoms with Crippen molar-refractivity contribution < 1.29 is 13.5 Å². The number of fused-ring (bicyclic) bond motifs is 2. The molecule has 4 heterocycles. The van der Waals surface area contributed by atoms with Crippen molar-refractivity contribution in [1.29, 1.82) is 0 Å². The van der Waals surface area contributed by atoms with Crippen molar-refractivity contribution >= 4 is 27.8 Å². The van der Waals surface area contributed by atoms with Crippen LogP contribution in [0.2, 0.25) is 0 Å². The fourth-order valence-electron chi connectivity index (χ4n) is 5.68. The minimum atomic E-state index is -2.69. The number of benzene rings is 2. The standard InChI is InChI=1S/C29H33F2N7O2/c1-29(2,3)27-33-21-13-19(17-15-32-34(4)16-17)20(26(30)31)14-22(21)38(27)18-11-23-25(36(6)28(39)35(23)5)24(12-18)37-7-9-40-10-8-37/h11-16,26H,7-10H2,1-6H3. The smallest absolute Gasteiger partial charge is 0.328 e. The lowest BCUT2D eigenvalue weighted by molar-refractivity contribution is 0.123. The van der Waals surface area contributed by atoms with Gasteiger partial charge in [-0.15, -0.1) is 0 Å². The maximum Gasteiger partial charge on any atom is 0.328 e. The summed E-state index contributed by atoms with van der Waals surface area (Å²) in [5, 5.41) is 4.19. The van der Waals surface area contributed by atoms with E-state index in [1.54, 1.807) is 59.5 Å². The van der Waals surface area contributed by atoms with Crippen LogP contribution in [0.15, 0.2) is 41.5 Å². The molecule has 1 aliphatic heterocycles. The van der Waals surface area contributed by atoms with Gasteiger partial charge in [-0.1, -0.05) is 20.8 Å². The van der Waals surface area contributed by atoms with E-state index in [-0.39, 0.29) is 11.3 Å². The number of alkyl halides is 2. The molecule has 0 bridgehead atoms. The Hall–Kier alpha value is -3.99. The highest BCUT2D eigenvalue weighted by Crippen LogP contribution is 2.39. The van der Waals surface area contributed by atoms with Crippen molar-refractivity contribution in [3.8, 4) is 16.8 Å². The minimum absolute atomic E-state index is 0.0799. The number of morpholine rings is 1. The van der Waals surface area contributed by atoms with Gasteiger partial charge in [0.05, 0.1) is 52.9 Å². The van der Waals surface area contributed by atoms with Gasteiger partial charge in [0.15, 0.2) is 0 Å². The highest BCUT2D eigenvalue weighted by atomic mass is 19.3. The van der Waals surface area contributed by atoms with E-state index in [1.807, 2.05) is 16.7 Å². The first-order valence-corrected chi connectivity index (χ1v) is 13.3. The summed E-state index contributed by atoms with van der Waals surface area (Å²) in [5.74, 6) is 0.735. The van der Waals surface area contributed by atoms with Crippen LogP contribution in [0, 0.1) is 0 Å². The van der Waals surface area contributed by atoms with E-state index in [1.165, 1.54) is 0 Å². The normalized spacial score (nSPS) is 14.8. The highest BCUT2D eigenvalue weighted by molar-refractivity contribution is 5.93. The fraction of sp³-hybridized carbons (Fsp3) is 0.414. The zero-order valence-electron chi connectivity index (χ0n) is 23.6. The van der Waals surface area contributed by atoms with Gasteiger partial charge in [0, 0.05) is 57.0 Å². The number of anilines is 1. The Balaban J connectivity index is 1.69. The molecule has 3 aromatic heterocycles. The van der Waals surface area contributed by atoms with Crippen LogP contribution in [0.5, 0.6) is 0 Å². The molecule has 1 saturated heterocycles. The molecule has 5 aromatic rings. The highest BCUT2D eigenvalue weighted by Gasteiger charge is 2.28. The number of rotatable bonds is 4. The zero-order valence-corrected chi connectivity index (χ0v) is 23.6. The first-order chi connectivity index (χ1) is 19.0. The molecule has 0 atom stereocenters. The molecule has 11 heteroatoms. The first-order valence-electron chi connectivity index (χ1n) is 13.3. The van der Waals surface area contributed by atoms with Crippen molar-refractivity contribution in [2.45, 2.75) is 32.6 Å². The van der Waals surface area contributed by atoms with Gasteiger partial charge in [0.1, 0.15) is 5.82 Å². The lowest BCUT2D eigenvalue weighted by atomic mass is 9.95. The van der Waals surface area contributed by atoms with E-state index in [4.69, 9.17) is 9.72 Å². The number of hydrogen-bond donors (Lipinski definition) is 0. The molecule has 0 unspecified atom stereocenters. The molecule has 1 fully saturated rings. The van der Waals surface area contributed by atoms with Crippen LogP contribution in [-0.2, 0) is 31.3 Å². The maximum absolute atomic E-state index is 14.5. The molecule has 210 valence electrons. The largest absolute Gasteiger partial charge is 0.378 e. The van der Waals surface area contributed by atoms with E-state index in [2.05, 4.69) is 30.8 Å². The number of hydrogen-bond acceptors (Lipinski definition) is 5. The van der Waals surface area contributed by atoms with Crippen LogP contribution in [0.1, 0.15) is 38.6 Å². The molecule has 0 N–H and O–H groups in total. The predicted octanol–water partition coefficient (Wildman–Crippen LogP) is 4.69. The number of aromatic nitrogens is 6. The predicted molar refractivity (Wildman–Crippen MR) is 152 cm³/mol. The topological polar surface area (TPSA) is 75.0 Å². The quantitative estimate of drug-likeness (QED) is 0.325.